The van der Waals surface area contributed by atoms with Crippen LogP contribution in [-0.4, -0.2) is 23.7 Å². The van der Waals surface area contributed by atoms with Gasteiger partial charge in [-0.15, -0.1) is 0 Å². The third-order valence-electron chi connectivity index (χ3n) is 4.43. The number of amides is 1. The van der Waals surface area contributed by atoms with Crippen LogP contribution in [0.4, 0.5) is 0 Å². The van der Waals surface area contributed by atoms with Crippen molar-refractivity contribution in [2.75, 3.05) is 0 Å². The van der Waals surface area contributed by atoms with Crippen molar-refractivity contribution in [3.05, 3.63) is 0 Å². The molecule has 25 heavy (non-hydrogen) atoms. The molecular formula is C20H36NO4-. The van der Waals surface area contributed by atoms with Crippen LogP contribution < -0.4 is 10.4 Å². The van der Waals surface area contributed by atoms with Crippen LogP contribution in [0.2, 0.25) is 0 Å². The van der Waals surface area contributed by atoms with Gasteiger partial charge < -0.3 is 15.2 Å². The smallest absolute Gasteiger partial charge is 0.217 e. The molecule has 0 saturated carbocycles. The van der Waals surface area contributed by atoms with E-state index in [0.717, 1.165) is 12.8 Å². The monoisotopic (exact) mass is 354 g/mol. The van der Waals surface area contributed by atoms with E-state index in [1.54, 1.807) is 0 Å². The second-order valence-corrected chi connectivity index (χ2v) is 6.91. The lowest BCUT2D eigenvalue weighted by atomic mass is 10.0. The van der Waals surface area contributed by atoms with Crippen molar-refractivity contribution in [2.24, 2.45) is 0 Å². The average molecular weight is 355 g/mol. The van der Waals surface area contributed by atoms with E-state index >= 15 is 0 Å². The van der Waals surface area contributed by atoms with Crippen LogP contribution in [0.25, 0.3) is 0 Å². The molecule has 1 amide bonds. The van der Waals surface area contributed by atoms with Gasteiger partial charge >= 0.3 is 0 Å². The molecule has 1 unspecified atom stereocenters. The fourth-order valence-electron chi connectivity index (χ4n) is 2.94. The van der Waals surface area contributed by atoms with Gasteiger partial charge in [0.1, 0.15) is 6.04 Å². The van der Waals surface area contributed by atoms with Gasteiger partial charge in [-0.3, -0.25) is 9.59 Å². The van der Waals surface area contributed by atoms with E-state index in [4.69, 9.17) is 0 Å². The lowest BCUT2D eigenvalue weighted by Crippen LogP contribution is -2.52. The highest BCUT2D eigenvalue weighted by molar-refractivity contribution is 6.04. The summed E-state index contributed by atoms with van der Waals surface area (Å²) < 4.78 is 0. The van der Waals surface area contributed by atoms with Crippen molar-refractivity contribution in [2.45, 2.75) is 110 Å². The van der Waals surface area contributed by atoms with Gasteiger partial charge in [-0.25, -0.2) is 0 Å². The number of rotatable bonds is 17. The molecule has 0 aliphatic carbocycles. The summed E-state index contributed by atoms with van der Waals surface area (Å²) in [5.41, 5.74) is 0. The van der Waals surface area contributed by atoms with Gasteiger partial charge in [-0.05, 0) is 6.42 Å². The van der Waals surface area contributed by atoms with Crippen LogP contribution >= 0.6 is 0 Å². The molecule has 0 bridgehead atoms. The molecule has 0 rings (SSSR count). The Morgan fingerprint density at radius 1 is 0.760 bits per heavy atom. The number of hydrogen-bond donors (Lipinski definition) is 1. The van der Waals surface area contributed by atoms with Gasteiger partial charge in [0.2, 0.25) is 5.91 Å². The minimum atomic E-state index is -1.53. The van der Waals surface area contributed by atoms with Gasteiger partial charge in [-0.1, -0.05) is 84.0 Å². The SMILES string of the molecule is CCCCCCCCCCCCCCCC(=O)C(NC(C)=O)C(=O)[O-]. The Labute approximate surface area is 153 Å². The van der Waals surface area contributed by atoms with E-state index in [1.807, 2.05) is 0 Å². The van der Waals surface area contributed by atoms with Crippen molar-refractivity contribution in [3.8, 4) is 0 Å². The molecule has 0 heterocycles. The lowest BCUT2D eigenvalue weighted by Gasteiger charge is -2.17. The predicted molar refractivity (Wildman–Crippen MR) is 97.9 cm³/mol. The van der Waals surface area contributed by atoms with Gasteiger partial charge in [0.05, 0.1) is 5.97 Å². The topological polar surface area (TPSA) is 86.3 Å². The standard InChI is InChI=1S/C20H37NO4/c1-3-4-5-6-7-8-9-10-11-12-13-14-15-16-18(23)19(20(24)25)21-17(2)22/h19H,3-16H2,1-2H3,(H,21,22)(H,24,25)/p-1. The number of carboxylic acids is 1. The van der Waals surface area contributed by atoms with Crippen LogP contribution in [0.3, 0.4) is 0 Å². The number of Topliss-reactive ketones (excluding diaryl/α,β-unsaturated/α-hetero) is 1. The minimum Gasteiger partial charge on any atom is -0.547 e. The maximum atomic E-state index is 11.8. The predicted octanol–water partition coefficient (Wildman–Crippen LogP) is 3.29. The van der Waals surface area contributed by atoms with Crippen LogP contribution in [0.1, 0.15) is 104 Å². The summed E-state index contributed by atoms with van der Waals surface area (Å²) >= 11 is 0. The molecule has 1 atom stereocenters. The molecule has 5 nitrogen and oxygen atoms in total. The normalized spacial score (nSPS) is 11.9. The van der Waals surface area contributed by atoms with Gasteiger partial charge in [0.15, 0.2) is 5.78 Å². The Bertz CT molecular complexity index is 382. The number of carbonyl (C=O) groups is 3. The van der Waals surface area contributed by atoms with Gasteiger partial charge in [-0.2, -0.15) is 0 Å². The summed E-state index contributed by atoms with van der Waals surface area (Å²) in [6.45, 7) is 3.43. The third kappa shape index (κ3) is 14.6. The van der Waals surface area contributed by atoms with E-state index in [1.165, 1.54) is 71.1 Å². The second-order valence-electron chi connectivity index (χ2n) is 6.91. The van der Waals surface area contributed by atoms with E-state index in [0.29, 0.717) is 6.42 Å². The van der Waals surface area contributed by atoms with Crippen molar-refractivity contribution in [1.29, 1.82) is 0 Å². The first-order valence-corrected chi connectivity index (χ1v) is 9.99. The fourth-order valence-corrected chi connectivity index (χ4v) is 2.94. The highest BCUT2D eigenvalue weighted by Gasteiger charge is 2.19. The Kier molecular flexibility index (Phi) is 15.2. The molecule has 0 aromatic heterocycles. The Balaban J connectivity index is 3.49. The number of carbonyl (C=O) groups excluding carboxylic acids is 3. The highest BCUT2D eigenvalue weighted by Crippen LogP contribution is 2.13. The molecule has 1 N–H and O–H groups in total. The Morgan fingerprint density at radius 2 is 1.16 bits per heavy atom. The molecular weight excluding hydrogens is 318 g/mol. The molecule has 0 aliphatic heterocycles. The van der Waals surface area contributed by atoms with E-state index in [2.05, 4.69) is 12.2 Å². The van der Waals surface area contributed by atoms with Crippen molar-refractivity contribution < 1.29 is 19.5 Å². The van der Waals surface area contributed by atoms with Gasteiger partial charge in [0.25, 0.3) is 0 Å². The number of carboxylic acid groups (broad SMARTS) is 1. The zero-order valence-electron chi connectivity index (χ0n) is 16.1. The summed E-state index contributed by atoms with van der Waals surface area (Å²) in [5, 5.41) is 13.0. The molecule has 146 valence electrons. The molecule has 0 spiro atoms. The average Bonchev–Trinajstić information content (AvgIpc) is 2.56. The van der Waals surface area contributed by atoms with E-state index in [-0.39, 0.29) is 6.42 Å². The quantitative estimate of drug-likeness (QED) is 0.321. The zero-order valence-corrected chi connectivity index (χ0v) is 16.1. The molecule has 0 aromatic carbocycles. The summed E-state index contributed by atoms with van der Waals surface area (Å²) in [6, 6.07) is -1.50. The van der Waals surface area contributed by atoms with Crippen LogP contribution in [0.15, 0.2) is 0 Å². The fraction of sp³-hybridized carbons (Fsp3) is 0.850. The first kappa shape index (κ1) is 23.6. The lowest BCUT2D eigenvalue weighted by molar-refractivity contribution is -0.307. The zero-order chi connectivity index (χ0) is 18.9. The number of unbranched alkanes of at least 4 members (excludes halogenated alkanes) is 12. The van der Waals surface area contributed by atoms with Crippen molar-refractivity contribution in [1.82, 2.24) is 5.32 Å². The number of aliphatic carboxylic acids is 1. The van der Waals surface area contributed by atoms with Crippen LogP contribution in [0, 0.1) is 0 Å². The van der Waals surface area contributed by atoms with Crippen LogP contribution in [0.5, 0.6) is 0 Å². The molecule has 0 aromatic rings. The summed E-state index contributed by atoms with van der Waals surface area (Å²) in [4.78, 5) is 33.5. The summed E-state index contributed by atoms with van der Waals surface area (Å²) in [6.07, 6.45) is 15.9. The highest BCUT2D eigenvalue weighted by atomic mass is 16.4. The Hall–Kier alpha value is -1.39. The maximum Gasteiger partial charge on any atom is 0.217 e. The maximum absolute atomic E-state index is 11.8. The van der Waals surface area contributed by atoms with Gasteiger partial charge in [0, 0.05) is 13.3 Å². The first-order chi connectivity index (χ1) is 12.0. The Morgan fingerprint density at radius 3 is 1.52 bits per heavy atom. The number of ketones is 1. The summed E-state index contributed by atoms with van der Waals surface area (Å²) in [5.74, 6) is -2.54. The van der Waals surface area contributed by atoms with Crippen LogP contribution in [-0.2, 0) is 14.4 Å². The summed E-state index contributed by atoms with van der Waals surface area (Å²) in [7, 11) is 0. The van der Waals surface area contributed by atoms with Crippen molar-refractivity contribution >= 4 is 17.7 Å². The second kappa shape index (κ2) is 16.1. The van der Waals surface area contributed by atoms with Crippen molar-refractivity contribution in [3.63, 3.8) is 0 Å². The molecule has 0 radical (unpaired) electrons. The number of hydrogen-bond acceptors (Lipinski definition) is 4. The largest absolute Gasteiger partial charge is 0.547 e. The number of nitrogens with one attached hydrogen (secondary N) is 1. The third-order valence-corrected chi connectivity index (χ3v) is 4.43. The minimum absolute atomic E-state index is 0.177. The molecule has 0 aliphatic rings. The van der Waals surface area contributed by atoms with E-state index in [9.17, 15) is 19.5 Å². The molecule has 0 saturated heterocycles. The molecule has 5 heteroatoms. The molecule has 0 fully saturated rings. The van der Waals surface area contributed by atoms with E-state index < -0.39 is 23.7 Å². The first-order valence-electron chi connectivity index (χ1n) is 9.99.